The first-order valence-corrected chi connectivity index (χ1v) is 14.2. The van der Waals surface area contributed by atoms with E-state index in [4.69, 9.17) is 0 Å². The first-order valence-electron chi connectivity index (χ1n) is 10.9. The summed E-state index contributed by atoms with van der Waals surface area (Å²) in [7, 11) is -7.57. The molecule has 0 fully saturated rings. The van der Waals surface area contributed by atoms with Crippen molar-refractivity contribution in [3.63, 3.8) is 0 Å². The standard InChI is InChI=1S/C24H19N5O6S2/c30-23-20(12-25-24(31)27-23)21-11-16(14-36(32,33)18-7-3-1-4-8-18)22-26-17(13-29(22)28-21)15-37(34,35)19-9-5-2-6-10-19/h1-13H,14-15H2,(H2,25,27,30,31). The quantitative estimate of drug-likeness (QED) is 0.317. The Hall–Kier alpha value is -4.36. The predicted octanol–water partition coefficient (Wildman–Crippen LogP) is 1.72. The lowest BCUT2D eigenvalue weighted by Gasteiger charge is -2.08. The third-order valence-corrected chi connectivity index (χ3v) is 8.88. The molecule has 0 aliphatic rings. The largest absolute Gasteiger partial charge is 0.325 e. The van der Waals surface area contributed by atoms with Crippen molar-refractivity contribution in [2.24, 2.45) is 0 Å². The van der Waals surface area contributed by atoms with Gasteiger partial charge in [0.05, 0.1) is 44.4 Å². The lowest BCUT2D eigenvalue weighted by Crippen LogP contribution is -2.23. The van der Waals surface area contributed by atoms with E-state index in [2.05, 4.69) is 20.1 Å². The highest BCUT2D eigenvalue weighted by atomic mass is 32.2. The van der Waals surface area contributed by atoms with Crippen LogP contribution in [0.2, 0.25) is 0 Å². The van der Waals surface area contributed by atoms with Gasteiger partial charge in [-0.1, -0.05) is 36.4 Å². The number of nitrogens with one attached hydrogen (secondary N) is 2. The van der Waals surface area contributed by atoms with E-state index >= 15 is 0 Å². The monoisotopic (exact) mass is 537 g/mol. The van der Waals surface area contributed by atoms with Crippen LogP contribution in [-0.2, 0) is 31.2 Å². The van der Waals surface area contributed by atoms with Crippen molar-refractivity contribution in [1.29, 1.82) is 0 Å². The van der Waals surface area contributed by atoms with Gasteiger partial charge in [0.2, 0.25) is 0 Å². The summed E-state index contributed by atoms with van der Waals surface area (Å²) in [6, 6.07) is 17.1. The van der Waals surface area contributed by atoms with E-state index in [9.17, 15) is 26.4 Å². The Balaban J connectivity index is 1.65. The molecule has 188 valence electrons. The topological polar surface area (TPSA) is 164 Å². The number of hydrogen-bond donors (Lipinski definition) is 2. The third kappa shape index (κ3) is 4.99. The maximum Gasteiger partial charge on any atom is 0.325 e. The average Bonchev–Trinajstić information content (AvgIpc) is 3.27. The summed E-state index contributed by atoms with van der Waals surface area (Å²) in [4.78, 5) is 32.9. The van der Waals surface area contributed by atoms with Crippen molar-refractivity contribution < 1.29 is 16.8 Å². The summed E-state index contributed by atoms with van der Waals surface area (Å²) in [6.45, 7) is 0. The smallest absolute Gasteiger partial charge is 0.313 e. The molecule has 0 aliphatic carbocycles. The van der Waals surface area contributed by atoms with Crippen LogP contribution in [0.3, 0.4) is 0 Å². The summed E-state index contributed by atoms with van der Waals surface area (Å²) < 4.78 is 53.3. The van der Waals surface area contributed by atoms with E-state index in [0.717, 1.165) is 0 Å². The Bertz CT molecular complexity index is 1950. The lowest BCUT2D eigenvalue weighted by atomic mass is 10.2. The molecular formula is C24H19N5O6S2. The fourth-order valence-electron chi connectivity index (χ4n) is 3.82. The van der Waals surface area contributed by atoms with Crippen molar-refractivity contribution in [2.45, 2.75) is 21.3 Å². The molecule has 0 bridgehead atoms. The number of H-pyrrole nitrogens is 2. The van der Waals surface area contributed by atoms with E-state index < -0.39 is 42.4 Å². The first kappa shape index (κ1) is 24.3. The minimum Gasteiger partial charge on any atom is -0.313 e. The second kappa shape index (κ2) is 9.26. The number of aromatic nitrogens is 5. The van der Waals surface area contributed by atoms with Crippen LogP contribution in [0.4, 0.5) is 0 Å². The van der Waals surface area contributed by atoms with Gasteiger partial charge in [0.25, 0.3) is 5.56 Å². The highest BCUT2D eigenvalue weighted by Crippen LogP contribution is 2.24. The molecule has 13 heteroatoms. The fraction of sp³-hybridized carbons (Fsp3) is 0.0833. The molecule has 3 heterocycles. The zero-order valence-electron chi connectivity index (χ0n) is 19.0. The summed E-state index contributed by atoms with van der Waals surface area (Å²) in [6.07, 6.45) is 2.54. The molecule has 0 saturated heterocycles. The second-order valence-electron chi connectivity index (χ2n) is 8.19. The predicted molar refractivity (Wildman–Crippen MR) is 134 cm³/mol. The van der Waals surface area contributed by atoms with Crippen LogP contribution in [0.15, 0.2) is 98.5 Å². The number of rotatable bonds is 7. The highest BCUT2D eigenvalue weighted by Gasteiger charge is 2.23. The van der Waals surface area contributed by atoms with Crippen LogP contribution < -0.4 is 11.2 Å². The molecule has 0 radical (unpaired) electrons. The van der Waals surface area contributed by atoms with Gasteiger partial charge in [-0.15, -0.1) is 0 Å². The average molecular weight is 538 g/mol. The molecule has 0 spiro atoms. The zero-order valence-corrected chi connectivity index (χ0v) is 20.7. The van der Waals surface area contributed by atoms with Crippen LogP contribution in [0.5, 0.6) is 0 Å². The van der Waals surface area contributed by atoms with Crippen LogP contribution in [0.1, 0.15) is 11.3 Å². The van der Waals surface area contributed by atoms with Gasteiger partial charge in [-0.2, -0.15) is 5.10 Å². The molecule has 5 rings (SSSR count). The van der Waals surface area contributed by atoms with Crippen molar-refractivity contribution in [1.82, 2.24) is 24.6 Å². The summed E-state index contributed by atoms with van der Waals surface area (Å²) in [5, 5.41) is 4.35. The number of imidazole rings is 1. The Morgan fingerprint density at radius 1 is 0.811 bits per heavy atom. The molecule has 5 aromatic rings. The first-order chi connectivity index (χ1) is 17.6. The van der Waals surface area contributed by atoms with Gasteiger partial charge >= 0.3 is 5.69 Å². The summed E-state index contributed by atoms with van der Waals surface area (Å²) >= 11 is 0. The van der Waals surface area contributed by atoms with E-state index in [1.165, 1.54) is 47.2 Å². The molecule has 3 aromatic heterocycles. The number of benzene rings is 2. The zero-order chi connectivity index (χ0) is 26.2. The fourth-order valence-corrected chi connectivity index (χ4v) is 6.44. The molecule has 2 aromatic carbocycles. The van der Waals surface area contributed by atoms with Crippen LogP contribution in [0.25, 0.3) is 16.9 Å². The molecule has 0 atom stereocenters. The molecule has 2 N–H and O–H groups in total. The van der Waals surface area contributed by atoms with E-state index in [1.807, 2.05) is 0 Å². The van der Waals surface area contributed by atoms with Gasteiger partial charge < -0.3 is 4.98 Å². The second-order valence-corrected chi connectivity index (χ2v) is 12.2. The third-order valence-electron chi connectivity index (χ3n) is 5.53. The Kier molecular flexibility index (Phi) is 6.09. The number of nitrogens with zero attached hydrogens (tertiary/aromatic N) is 3. The summed E-state index contributed by atoms with van der Waals surface area (Å²) in [5.41, 5.74) is -0.908. The Morgan fingerprint density at radius 3 is 2.00 bits per heavy atom. The molecule has 0 unspecified atom stereocenters. The van der Waals surface area contributed by atoms with E-state index in [0.29, 0.717) is 0 Å². The van der Waals surface area contributed by atoms with Gasteiger partial charge in [-0.05, 0) is 30.3 Å². The molecule has 0 aliphatic heterocycles. The lowest BCUT2D eigenvalue weighted by molar-refractivity contribution is 0.593. The number of aromatic amines is 2. The SMILES string of the molecule is O=c1[nH]cc(-c2cc(CS(=O)(=O)c3ccccc3)c3nc(CS(=O)(=O)c4ccccc4)cn3n2)c(=O)[nH]1. The van der Waals surface area contributed by atoms with E-state index in [1.54, 1.807) is 36.4 Å². The van der Waals surface area contributed by atoms with Gasteiger partial charge in [0, 0.05) is 11.8 Å². The van der Waals surface area contributed by atoms with Crippen LogP contribution in [-0.4, -0.2) is 41.4 Å². The normalized spacial score (nSPS) is 12.1. The van der Waals surface area contributed by atoms with Crippen LogP contribution >= 0.6 is 0 Å². The highest BCUT2D eigenvalue weighted by molar-refractivity contribution is 7.91. The molecule has 37 heavy (non-hydrogen) atoms. The Morgan fingerprint density at radius 2 is 1.41 bits per heavy atom. The maximum absolute atomic E-state index is 13.2. The maximum atomic E-state index is 13.2. The minimum absolute atomic E-state index is 0.00739. The number of fused-ring (bicyclic) bond motifs is 1. The van der Waals surface area contributed by atoms with Gasteiger partial charge in [-0.25, -0.2) is 31.1 Å². The number of sulfone groups is 2. The molecule has 11 nitrogen and oxygen atoms in total. The van der Waals surface area contributed by atoms with Crippen molar-refractivity contribution in [3.8, 4) is 11.3 Å². The molecular weight excluding hydrogens is 518 g/mol. The van der Waals surface area contributed by atoms with Crippen molar-refractivity contribution >= 4 is 25.3 Å². The summed E-state index contributed by atoms with van der Waals surface area (Å²) in [5.74, 6) is -0.932. The van der Waals surface area contributed by atoms with Crippen molar-refractivity contribution in [2.75, 3.05) is 0 Å². The minimum atomic E-state index is -3.83. The van der Waals surface area contributed by atoms with Crippen molar-refractivity contribution in [3.05, 3.63) is 111 Å². The molecule has 0 amide bonds. The van der Waals surface area contributed by atoms with Gasteiger partial charge in [0.1, 0.15) is 0 Å². The van der Waals surface area contributed by atoms with Gasteiger partial charge in [-0.3, -0.25) is 9.78 Å². The molecule has 0 saturated carbocycles. The number of hydrogen-bond acceptors (Lipinski definition) is 8. The van der Waals surface area contributed by atoms with Gasteiger partial charge in [0.15, 0.2) is 25.3 Å². The Labute approximate surface area is 210 Å². The van der Waals surface area contributed by atoms with Crippen LogP contribution in [0, 0.1) is 0 Å². The van der Waals surface area contributed by atoms with E-state index in [-0.39, 0.29) is 38.0 Å².